The minimum absolute atomic E-state index is 0.00973. The van der Waals surface area contributed by atoms with Crippen LogP contribution < -0.4 is 9.62 Å². The van der Waals surface area contributed by atoms with E-state index in [-0.39, 0.29) is 43.8 Å². The van der Waals surface area contributed by atoms with Gasteiger partial charge in [0.25, 0.3) is 0 Å². The zero-order valence-corrected chi connectivity index (χ0v) is 27.0. The summed E-state index contributed by atoms with van der Waals surface area (Å²) in [5.74, 6) is -0.556. The van der Waals surface area contributed by atoms with Crippen LogP contribution in [0.2, 0.25) is 15.1 Å². The van der Waals surface area contributed by atoms with Crippen LogP contribution in [0.4, 0.5) is 5.69 Å². The van der Waals surface area contributed by atoms with Crippen LogP contribution in [0.1, 0.15) is 44.2 Å². The normalized spacial score (nSPS) is 12.8. The van der Waals surface area contributed by atoms with E-state index in [0.717, 1.165) is 18.2 Å². The minimum atomic E-state index is -3.64. The van der Waals surface area contributed by atoms with Crippen LogP contribution in [0.25, 0.3) is 0 Å². The fourth-order valence-corrected chi connectivity index (χ4v) is 5.93. The van der Waals surface area contributed by atoms with E-state index in [0.29, 0.717) is 32.7 Å². The molecule has 2 atom stereocenters. The number of nitrogens with zero attached hydrogens (tertiary/aromatic N) is 2. The molecule has 3 aromatic carbocycles. The van der Waals surface area contributed by atoms with Gasteiger partial charge in [-0.1, -0.05) is 84.2 Å². The molecule has 7 nitrogen and oxygen atoms in total. The molecule has 3 aromatic rings. The fourth-order valence-electron chi connectivity index (χ4n) is 4.46. The van der Waals surface area contributed by atoms with Gasteiger partial charge in [-0.25, -0.2) is 8.42 Å². The van der Waals surface area contributed by atoms with E-state index in [9.17, 15) is 18.0 Å². The average Bonchev–Trinajstić information content (AvgIpc) is 2.94. The molecule has 0 bridgehead atoms. The molecule has 2 amide bonds. The molecule has 0 aliphatic carbocycles. The Morgan fingerprint density at radius 3 is 2.24 bits per heavy atom. The summed E-state index contributed by atoms with van der Waals surface area (Å²) in [6.07, 6.45) is 2.38. The summed E-state index contributed by atoms with van der Waals surface area (Å²) in [6.45, 7) is 4.07. The molecule has 0 aliphatic rings. The van der Waals surface area contributed by atoms with Crippen molar-refractivity contribution in [3.8, 4) is 0 Å². The zero-order valence-electron chi connectivity index (χ0n) is 23.9. The number of hydrogen-bond donors (Lipinski definition) is 1. The van der Waals surface area contributed by atoms with Crippen molar-refractivity contribution in [3.63, 3.8) is 0 Å². The molecule has 0 unspecified atom stereocenters. The van der Waals surface area contributed by atoms with E-state index >= 15 is 0 Å². The van der Waals surface area contributed by atoms with E-state index in [2.05, 4.69) is 5.32 Å². The molecule has 0 saturated carbocycles. The summed E-state index contributed by atoms with van der Waals surface area (Å²) in [7, 11) is -3.64. The summed E-state index contributed by atoms with van der Waals surface area (Å²) >= 11 is 18.5. The zero-order chi connectivity index (χ0) is 30.9. The average molecular weight is 653 g/mol. The number of rotatable bonds is 14. The van der Waals surface area contributed by atoms with Crippen molar-refractivity contribution in [2.75, 3.05) is 17.1 Å². The van der Waals surface area contributed by atoms with Gasteiger partial charge in [0.1, 0.15) is 6.04 Å². The molecule has 0 aromatic heterocycles. The summed E-state index contributed by atoms with van der Waals surface area (Å²) in [5.41, 5.74) is 2.03. The summed E-state index contributed by atoms with van der Waals surface area (Å²) in [4.78, 5) is 29.1. The second kappa shape index (κ2) is 15.6. The molecule has 42 heavy (non-hydrogen) atoms. The molecule has 1 N–H and O–H groups in total. The second-order valence-electron chi connectivity index (χ2n) is 10.2. The van der Waals surface area contributed by atoms with Crippen molar-refractivity contribution in [1.29, 1.82) is 0 Å². The van der Waals surface area contributed by atoms with Crippen molar-refractivity contribution in [3.05, 3.63) is 99.0 Å². The van der Waals surface area contributed by atoms with Gasteiger partial charge in [-0.05, 0) is 61.2 Å². The van der Waals surface area contributed by atoms with Gasteiger partial charge >= 0.3 is 0 Å². The van der Waals surface area contributed by atoms with Gasteiger partial charge < -0.3 is 10.2 Å². The lowest BCUT2D eigenvalue weighted by Crippen LogP contribution is -2.52. The third-order valence-electron chi connectivity index (χ3n) is 6.86. The maximum atomic E-state index is 13.9. The summed E-state index contributed by atoms with van der Waals surface area (Å²) < 4.78 is 26.4. The van der Waals surface area contributed by atoms with Crippen LogP contribution in [0.15, 0.2) is 72.8 Å². The van der Waals surface area contributed by atoms with Crippen molar-refractivity contribution < 1.29 is 18.0 Å². The lowest BCUT2D eigenvalue weighted by molar-refractivity contribution is -0.141. The number of nitrogens with one attached hydrogen (secondary N) is 1. The predicted octanol–water partition coefficient (Wildman–Crippen LogP) is 6.75. The van der Waals surface area contributed by atoms with Crippen LogP contribution in [-0.4, -0.2) is 50.0 Å². The molecule has 226 valence electrons. The van der Waals surface area contributed by atoms with E-state index < -0.39 is 16.1 Å². The Morgan fingerprint density at radius 1 is 0.905 bits per heavy atom. The topological polar surface area (TPSA) is 86.8 Å². The molecule has 0 saturated heterocycles. The van der Waals surface area contributed by atoms with Crippen molar-refractivity contribution in [2.24, 2.45) is 0 Å². The number of amides is 2. The number of anilines is 1. The first kappa shape index (κ1) is 33.7. The molecule has 0 fully saturated rings. The Hall–Kier alpha value is -2.78. The molecule has 0 spiro atoms. The van der Waals surface area contributed by atoms with E-state index in [4.69, 9.17) is 34.8 Å². The van der Waals surface area contributed by atoms with Gasteiger partial charge in [0, 0.05) is 37.0 Å². The molecule has 0 heterocycles. The van der Waals surface area contributed by atoms with Gasteiger partial charge in [-0.2, -0.15) is 0 Å². The third-order valence-corrected chi connectivity index (χ3v) is 9.03. The Bertz CT molecular complexity index is 1470. The SMILES string of the molecule is CC[C@H](C)NC(=O)[C@@H](Cc1ccccc1)N(Cc1ccc(Cl)c(Cl)c1)C(=O)CCCN(c1cccc(Cl)c1)S(C)(=O)=O. The smallest absolute Gasteiger partial charge is 0.243 e. The van der Waals surface area contributed by atoms with Crippen LogP contribution in [-0.2, 0) is 32.6 Å². The predicted molar refractivity (Wildman–Crippen MR) is 172 cm³/mol. The summed E-state index contributed by atoms with van der Waals surface area (Å²) in [5, 5.41) is 4.16. The van der Waals surface area contributed by atoms with Gasteiger partial charge in [-0.3, -0.25) is 13.9 Å². The Labute approximate surface area is 263 Å². The van der Waals surface area contributed by atoms with Gasteiger partial charge in [0.15, 0.2) is 0 Å². The maximum Gasteiger partial charge on any atom is 0.243 e. The molecular formula is C31H36Cl3N3O4S. The Kier molecular flexibility index (Phi) is 12.5. The number of halogens is 3. The first-order chi connectivity index (χ1) is 19.9. The monoisotopic (exact) mass is 651 g/mol. The van der Waals surface area contributed by atoms with E-state index in [1.165, 1.54) is 4.31 Å². The quantitative estimate of drug-likeness (QED) is 0.209. The first-order valence-corrected chi connectivity index (χ1v) is 16.7. The van der Waals surface area contributed by atoms with E-state index in [1.807, 2.05) is 44.2 Å². The van der Waals surface area contributed by atoms with Crippen molar-refractivity contribution in [1.82, 2.24) is 10.2 Å². The molecule has 11 heteroatoms. The van der Waals surface area contributed by atoms with Crippen LogP contribution in [0, 0.1) is 0 Å². The highest BCUT2D eigenvalue weighted by Gasteiger charge is 2.31. The molecule has 0 aliphatic heterocycles. The van der Waals surface area contributed by atoms with Gasteiger partial charge in [0.2, 0.25) is 21.8 Å². The standard InChI is InChI=1S/C31H36Cl3N3O4S/c1-4-22(2)35-31(39)29(19-23-10-6-5-7-11-23)36(21-24-15-16-27(33)28(34)18-24)30(38)14-9-17-37(42(3,40)41)26-13-8-12-25(32)20-26/h5-8,10-13,15-16,18,20,22,29H,4,9,14,17,19,21H2,1-3H3,(H,35,39)/t22-,29+/m0/s1. The highest BCUT2D eigenvalue weighted by Crippen LogP contribution is 2.26. The fraction of sp³-hybridized carbons (Fsp3) is 0.355. The second-order valence-corrected chi connectivity index (χ2v) is 13.4. The lowest BCUT2D eigenvalue weighted by atomic mass is 10.0. The van der Waals surface area contributed by atoms with Crippen LogP contribution >= 0.6 is 34.8 Å². The largest absolute Gasteiger partial charge is 0.352 e. The maximum absolute atomic E-state index is 13.9. The third kappa shape index (κ3) is 9.90. The summed E-state index contributed by atoms with van der Waals surface area (Å²) in [6, 6.07) is 20.3. The van der Waals surface area contributed by atoms with Crippen molar-refractivity contribution in [2.45, 2.75) is 58.2 Å². The Morgan fingerprint density at radius 2 is 1.62 bits per heavy atom. The highest BCUT2D eigenvalue weighted by molar-refractivity contribution is 7.92. The van der Waals surface area contributed by atoms with Gasteiger partial charge in [-0.15, -0.1) is 0 Å². The number of sulfonamides is 1. The number of carbonyl (C=O) groups is 2. The van der Waals surface area contributed by atoms with E-state index in [1.54, 1.807) is 47.4 Å². The molecule has 0 radical (unpaired) electrons. The lowest BCUT2D eigenvalue weighted by Gasteiger charge is -2.33. The number of carbonyl (C=O) groups excluding carboxylic acids is 2. The number of benzene rings is 3. The first-order valence-electron chi connectivity index (χ1n) is 13.7. The highest BCUT2D eigenvalue weighted by atomic mass is 35.5. The van der Waals surface area contributed by atoms with Crippen LogP contribution in [0.5, 0.6) is 0 Å². The minimum Gasteiger partial charge on any atom is -0.352 e. The Balaban J connectivity index is 1.91. The van der Waals surface area contributed by atoms with Gasteiger partial charge in [0.05, 0.1) is 22.0 Å². The van der Waals surface area contributed by atoms with Crippen LogP contribution in [0.3, 0.4) is 0 Å². The number of hydrogen-bond acceptors (Lipinski definition) is 4. The van der Waals surface area contributed by atoms with Crippen molar-refractivity contribution >= 4 is 62.3 Å². The molecular weight excluding hydrogens is 617 g/mol. The molecule has 3 rings (SSSR count).